The number of rotatable bonds is 0. The van der Waals surface area contributed by atoms with Crippen molar-refractivity contribution in [3.05, 3.63) is 59.7 Å². The second-order valence-corrected chi connectivity index (χ2v) is 4.71. The zero-order valence-electron chi connectivity index (χ0n) is 10.2. The summed E-state index contributed by atoms with van der Waals surface area (Å²) in [6.45, 7) is 4.24. The molecule has 3 rings (SSSR count). The molecule has 84 valence electrons. The van der Waals surface area contributed by atoms with Gasteiger partial charge >= 0.3 is 0 Å². The lowest BCUT2D eigenvalue weighted by Gasteiger charge is -2.05. The van der Waals surface area contributed by atoms with Crippen LogP contribution in [-0.2, 0) is 0 Å². The summed E-state index contributed by atoms with van der Waals surface area (Å²) in [7, 11) is 0. The van der Waals surface area contributed by atoms with Crippen molar-refractivity contribution in [1.82, 2.24) is 0 Å². The Balaban J connectivity index is 0.000000125. The molecule has 0 saturated heterocycles. The largest absolute Gasteiger partial charge is 0.0878 e. The quantitative estimate of drug-likeness (QED) is 0.554. The minimum absolute atomic E-state index is 0.833. The van der Waals surface area contributed by atoms with Crippen LogP contribution in [0.3, 0.4) is 0 Å². The van der Waals surface area contributed by atoms with Crippen LogP contribution in [0, 0.1) is 18.8 Å². The van der Waals surface area contributed by atoms with Gasteiger partial charge in [-0.15, -0.1) is 0 Å². The van der Waals surface area contributed by atoms with Crippen molar-refractivity contribution in [1.29, 1.82) is 0 Å². The summed E-state index contributed by atoms with van der Waals surface area (Å²) >= 11 is 0. The van der Waals surface area contributed by atoms with Crippen molar-refractivity contribution >= 4 is 0 Å². The third-order valence-corrected chi connectivity index (χ3v) is 3.46. The summed E-state index contributed by atoms with van der Waals surface area (Å²) in [5.74, 6) is 1.74. The molecule has 0 heteroatoms. The minimum atomic E-state index is 0.833. The van der Waals surface area contributed by atoms with E-state index < -0.39 is 0 Å². The third-order valence-electron chi connectivity index (χ3n) is 3.46. The van der Waals surface area contributed by atoms with Crippen LogP contribution in [0.15, 0.2) is 54.1 Å². The summed E-state index contributed by atoms with van der Waals surface area (Å²) in [6.07, 6.45) is 9.77. The SMILES string of the molecule is CC=C1CC2C=CC1C2.Cc1ccccc1. The van der Waals surface area contributed by atoms with E-state index in [1.165, 1.54) is 18.4 Å². The van der Waals surface area contributed by atoms with Crippen LogP contribution in [0.5, 0.6) is 0 Å². The molecule has 2 atom stereocenters. The predicted molar refractivity (Wildman–Crippen MR) is 70.3 cm³/mol. The fourth-order valence-electron chi connectivity index (χ4n) is 2.52. The number of aryl methyl sites for hydroxylation is 1. The van der Waals surface area contributed by atoms with Gasteiger partial charge in [0.25, 0.3) is 0 Å². The van der Waals surface area contributed by atoms with Crippen LogP contribution < -0.4 is 0 Å². The molecule has 1 aromatic carbocycles. The van der Waals surface area contributed by atoms with Gasteiger partial charge in [0.2, 0.25) is 0 Å². The zero-order valence-corrected chi connectivity index (χ0v) is 10.2. The molecule has 2 aliphatic carbocycles. The first kappa shape index (κ1) is 11.2. The molecule has 1 fully saturated rings. The van der Waals surface area contributed by atoms with Gasteiger partial charge in [0.15, 0.2) is 0 Å². The molecule has 1 aromatic rings. The van der Waals surface area contributed by atoms with Crippen LogP contribution in [0.4, 0.5) is 0 Å². The van der Waals surface area contributed by atoms with Gasteiger partial charge in [-0.05, 0) is 38.5 Å². The van der Waals surface area contributed by atoms with E-state index in [9.17, 15) is 0 Å². The highest BCUT2D eigenvalue weighted by Crippen LogP contribution is 2.42. The second kappa shape index (κ2) is 5.16. The highest BCUT2D eigenvalue weighted by molar-refractivity contribution is 5.26. The Bertz CT molecular complexity index is 384. The molecule has 0 N–H and O–H groups in total. The Morgan fingerprint density at radius 3 is 2.19 bits per heavy atom. The van der Waals surface area contributed by atoms with E-state index in [-0.39, 0.29) is 0 Å². The average molecular weight is 212 g/mol. The molecule has 1 saturated carbocycles. The maximum absolute atomic E-state index is 2.37. The fraction of sp³-hybridized carbons (Fsp3) is 0.375. The Labute approximate surface area is 98.7 Å². The number of fused-ring (bicyclic) bond motifs is 2. The lowest BCUT2D eigenvalue weighted by molar-refractivity contribution is 0.693. The molecule has 0 aromatic heterocycles. The topological polar surface area (TPSA) is 0 Å². The maximum Gasteiger partial charge on any atom is -0.00174 e. The first-order valence-corrected chi connectivity index (χ1v) is 6.14. The Hall–Kier alpha value is -1.30. The molecule has 2 unspecified atom stereocenters. The number of hydrogen-bond donors (Lipinski definition) is 0. The lowest BCUT2D eigenvalue weighted by atomic mass is 10.0. The van der Waals surface area contributed by atoms with Gasteiger partial charge in [-0.25, -0.2) is 0 Å². The molecular weight excluding hydrogens is 192 g/mol. The molecule has 0 heterocycles. The van der Waals surface area contributed by atoms with Crippen LogP contribution in [0.1, 0.15) is 25.3 Å². The number of benzene rings is 1. The molecule has 0 nitrogen and oxygen atoms in total. The van der Waals surface area contributed by atoms with Gasteiger partial charge in [-0.3, -0.25) is 0 Å². The normalized spacial score (nSPS) is 28.0. The Morgan fingerprint density at radius 1 is 1.12 bits per heavy atom. The van der Waals surface area contributed by atoms with E-state index in [1.54, 1.807) is 5.57 Å². The van der Waals surface area contributed by atoms with Crippen molar-refractivity contribution in [3.63, 3.8) is 0 Å². The van der Waals surface area contributed by atoms with E-state index in [1.807, 2.05) is 18.2 Å². The van der Waals surface area contributed by atoms with E-state index in [2.05, 4.69) is 44.2 Å². The number of hydrogen-bond acceptors (Lipinski definition) is 0. The van der Waals surface area contributed by atoms with Crippen LogP contribution in [0.2, 0.25) is 0 Å². The van der Waals surface area contributed by atoms with Gasteiger partial charge in [0, 0.05) is 0 Å². The predicted octanol–water partition coefficient (Wildman–Crippen LogP) is 4.52. The molecular formula is C16H20. The van der Waals surface area contributed by atoms with Gasteiger partial charge < -0.3 is 0 Å². The first-order chi connectivity index (χ1) is 7.79. The molecule has 0 spiro atoms. The van der Waals surface area contributed by atoms with Crippen molar-refractivity contribution in [3.8, 4) is 0 Å². The summed E-state index contributed by atoms with van der Waals surface area (Å²) in [5, 5.41) is 0. The minimum Gasteiger partial charge on any atom is -0.0878 e. The third kappa shape index (κ3) is 2.63. The van der Waals surface area contributed by atoms with E-state index in [0.717, 1.165) is 11.8 Å². The van der Waals surface area contributed by atoms with Gasteiger partial charge in [0.1, 0.15) is 0 Å². The lowest BCUT2D eigenvalue weighted by Crippen LogP contribution is -1.90. The monoisotopic (exact) mass is 212 g/mol. The molecule has 2 aliphatic rings. The highest BCUT2D eigenvalue weighted by Gasteiger charge is 2.29. The van der Waals surface area contributed by atoms with Crippen LogP contribution >= 0.6 is 0 Å². The second-order valence-electron chi connectivity index (χ2n) is 4.71. The van der Waals surface area contributed by atoms with Crippen molar-refractivity contribution in [2.24, 2.45) is 11.8 Å². The Morgan fingerprint density at radius 2 is 1.88 bits per heavy atom. The standard InChI is InChI=1S/C9H12.C7H8/c1-2-8-5-7-3-4-9(8)6-7;1-7-5-3-2-4-6-7/h2-4,7,9H,5-6H2,1H3;2-6H,1H3. The van der Waals surface area contributed by atoms with E-state index >= 15 is 0 Å². The molecule has 16 heavy (non-hydrogen) atoms. The van der Waals surface area contributed by atoms with E-state index in [0.29, 0.717) is 0 Å². The Kier molecular flexibility index (Phi) is 3.61. The molecule has 2 bridgehead atoms. The molecule has 0 radical (unpaired) electrons. The van der Waals surface area contributed by atoms with Gasteiger partial charge in [-0.2, -0.15) is 0 Å². The maximum atomic E-state index is 2.37. The van der Waals surface area contributed by atoms with Crippen LogP contribution in [0.25, 0.3) is 0 Å². The van der Waals surface area contributed by atoms with E-state index in [4.69, 9.17) is 0 Å². The number of allylic oxidation sites excluding steroid dienone is 4. The average Bonchev–Trinajstić information content (AvgIpc) is 2.92. The smallest absolute Gasteiger partial charge is 0.00174 e. The first-order valence-electron chi connectivity index (χ1n) is 6.14. The fourth-order valence-corrected chi connectivity index (χ4v) is 2.52. The molecule has 0 amide bonds. The van der Waals surface area contributed by atoms with Gasteiger partial charge in [-0.1, -0.05) is 59.7 Å². The van der Waals surface area contributed by atoms with Crippen molar-refractivity contribution < 1.29 is 0 Å². The van der Waals surface area contributed by atoms with Crippen LogP contribution in [-0.4, -0.2) is 0 Å². The summed E-state index contributed by atoms with van der Waals surface area (Å²) in [6, 6.07) is 10.3. The molecule has 0 aliphatic heterocycles. The summed E-state index contributed by atoms with van der Waals surface area (Å²) in [4.78, 5) is 0. The van der Waals surface area contributed by atoms with Crippen molar-refractivity contribution in [2.45, 2.75) is 26.7 Å². The highest BCUT2D eigenvalue weighted by atomic mass is 14.3. The zero-order chi connectivity index (χ0) is 11.4. The van der Waals surface area contributed by atoms with Crippen molar-refractivity contribution in [2.75, 3.05) is 0 Å². The summed E-state index contributed by atoms with van der Waals surface area (Å²) in [5.41, 5.74) is 2.99. The summed E-state index contributed by atoms with van der Waals surface area (Å²) < 4.78 is 0. The van der Waals surface area contributed by atoms with Gasteiger partial charge in [0.05, 0.1) is 0 Å².